The molecule has 1 aromatic carbocycles. The van der Waals surface area contributed by atoms with Crippen molar-refractivity contribution in [2.45, 2.75) is 26.7 Å². The Morgan fingerprint density at radius 3 is 2.24 bits per heavy atom. The van der Waals surface area contributed by atoms with Crippen LogP contribution in [0.15, 0.2) is 30.3 Å². The SMILES string of the molecule is Cc1ccc(C(=O)c2c(C)cc(C(C)C(=O)O)n2C)cc1. The van der Waals surface area contributed by atoms with Gasteiger partial charge in [0, 0.05) is 18.3 Å². The van der Waals surface area contributed by atoms with Crippen LogP contribution >= 0.6 is 0 Å². The van der Waals surface area contributed by atoms with E-state index in [-0.39, 0.29) is 5.78 Å². The Kier molecular flexibility index (Phi) is 3.98. The molecule has 4 heteroatoms. The molecule has 0 fully saturated rings. The lowest BCUT2D eigenvalue weighted by Crippen LogP contribution is -2.15. The molecular formula is C17H19NO3. The number of hydrogen-bond donors (Lipinski definition) is 1. The number of carbonyl (C=O) groups is 2. The van der Waals surface area contributed by atoms with Crippen LogP contribution in [0.5, 0.6) is 0 Å². The van der Waals surface area contributed by atoms with Crippen molar-refractivity contribution in [1.82, 2.24) is 4.57 Å². The van der Waals surface area contributed by atoms with Crippen LogP contribution in [0.3, 0.4) is 0 Å². The molecule has 0 amide bonds. The van der Waals surface area contributed by atoms with E-state index in [1.165, 1.54) is 0 Å². The zero-order valence-electron chi connectivity index (χ0n) is 12.7. The number of carboxylic acids is 1. The quantitative estimate of drug-likeness (QED) is 0.878. The Labute approximate surface area is 124 Å². The van der Waals surface area contributed by atoms with Crippen LogP contribution in [0, 0.1) is 13.8 Å². The van der Waals surface area contributed by atoms with Gasteiger partial charge in [0.25, 0.3) is 0 Å². The van der Waals surface area contributed by atoms with Gasteiger partial charge in [-0.05, 0) is 32.4 Å². The molecule has 2 rings (SSSR count). The van der Waals surface area contributed by atoms with E-state index in [2.05, 4.69) is 0 Å². The molecule has 0 bridgehead atoms. The molecule has 1 N–H and O–H groups in total. The summed E-state index contributed by atoms with van der Waals surface area (Å²) in [5, 5.41) is 9.15. The Bertz CT molecular complexity index is 696. The molecule has 110 valence electrons. The van der Waals surface area contributed by atoms with Crippen LogP contribution < -0.4 is 0 Å². The van der Waals surface area contributed by atoms with Crippen molar-refractivity contribution in [3.05, 3.63) is 58.4 Å². The van der Waals surface area contributed by atoms with E-state index in [4.69, 9.17) is 5.11 Å². The van der Waals surface area contributed by atoms with Gasteiger partial charge in [0.15, 0.2) is 0 Å². The lowest BCUT2D eigenvalue weighted by molar-refractivity contribution is -0.138. The van der Waals surface area contributed by atoms with Gasteiger partial charge in [-0.1, -0.05) is 29.8 Å². The van der Waals surface area contributed by atoms with Crippen molar-refractivity contribution in [3.8, 4) is 0 Å². The molecule has 1 atom stereocenters. The van der Waals surface area contributed by atoms with Crippen LogP contribution in [0.1, 0.15) is 45.7 Å². The highest BCUT2D eigenvalue weighted by atomic mass is 16.4. The molecule has 2 aromatic rings. The highest BCUT2D eigenvalue weighted by molar-refractivity contribution is 6.09. The van der Waals surface area contributed by atoms with Crippen LogP contribution in [0.2, 0.25) is 0 Å². The molecular weight excluding hydrogens is 266 g/mol. The van der Waals surface area contributed by atoms with Crippen LogP contribution in [-0.2, 0) is 11.8 Å². The van der Waals surface area contributed by atoms with Gasteiger partial charge in [-0.25, -0.2) is 0 Å². The van der Waals surface area contributed by atoms with Gasteiger partial charge >= 0.3 is 5.97 Å². The van der Waals surface area contributed by atoms with E-state index in [0.29, 0.717) is 17.0 Å². The second-order valence-electron chi connectivity index (χ2n) is 5.41. The number of carboxylic acid groups (broad SMARTS) is 1. The van der Waals surface area contributed by atoms with Crippen molar-refractivity contribution in [3.63, 3.8) is 0 Å². The Balaban J connectivity index is 2.47. The minimum atomic E-state index is -0.898. The summed E-state index contributed by atoms with van der Waals surface area (Å²) in [5.41, 5.74) is 3.68. The lowest BCUT2D eigenvalue weighted by Gasteiger charge is -2.10. The highest BCUT2D eigenvalue weighted by Gasteiger charge is 2.23. The molecule has 1 unspecified atom stereocenters. The number of aromatic nitrogens is 1. The lowest BCUT2D eigenvalue weighted by atomic mass is 10.0. The van der Waals surface area contributed by atoms with Crippen molar-refractivity contribution in [2.75, 3.05) is 0 Å². The van der Waals surface area contributed by atoms with Gasteiger partial charge in [0.05, 0.1) is 11.6 Å². The second-order valence-corrected chi connectivity index (χ2v) is 5.41. The van der Waals surface area contributed by atoms with E-state index in [1.54, 1.807) is 36.7 Å². The number of hydrogen-bond acceptors (Lipinski definition) is 2. The largest absolute Gasteiger partial charge is 0.481 e. The fraction of sp³-hybridized carbons (Fsp3) is 0.294. The maximum atomic E-state index is 12.6. The predicted octanol–water partition coefficient (Wildman–Crippen LogP) is 3.06. The molecule has 0 spiro atoms. The summed E-state index contributed by atoms with van der Waals surface area (Å²) in [4.78, 5) is 23.8. The number of aliphatic carboxylic acids is 1. The first-order chi connectivity index (χ1) is 9.82. The van der Waals surface area contributed by atoms with E-state index in [1.807, 2.05) is 26.0 Å². The predicted molar refractivity (Wildman–Crippen MR) is 80.8 cm³/mol. The number of ketones is 1. The minimum absolute atomic E-state index is 0.0844. The average Bonchev–Trinajstić information content (AvgIpc) is 2.73. The normalized spacial score (nSPS) is 12.2. The van der Waals surface area contributed by atoms with Crippen LogP contribution in [-0.4, -0.2) is 21.4 Å². The van der Waals surface area contributed by atoms with Crippen molar-refractivity contribution in [2.24, 2.45) is 7.05 Å². The van der Waals surface area contributed by atoms with E-state index in [9.17, 15) is 9.59 Å². The van der Waals surface area contributed by atoms with E-state index in [0.717, 1.165) is 11.1 Å². The number of benzene rings is 1. The minimum Gasteiger partial charge on any atom is -0.481 e. The summed E-state index contributed by atoms with van der Waals surface area (Å²) in [5.74, 6) is -1.63. The maximum absolute atomic E-state index is 12.6. The highest BCUT2D eigenvalue weighted by Crippen LogP contribution is 2.24. The zero-order chi connectivity index (χ0) is 15.7. The average molecular weight is 285 g/mol. The first-order valence-electron chi connectivity index (χ1n) is 6.83. The summed E-state index contributed by atoms with van der Waals surface area (Å²) in [7, 11) is 1.74. The van der Waals surface area contributed by atoms with Crippen molar-refractivity contribution < 1.29 is 14.7 Å². The summed E-state index contributed by atoms with van der Waals surface area (Å²) in [6, 6.07) is 9.16. The van der Waals surface area contributed by atoms with Crippen LogP contribution in [0.4, 0.5) is 0 Å². The van der Waals surface area contributed by atoms with E-state index >= 15 is 0 Å². The van der Waals surface area contributed by atoms with Gasteiger partial charge < -0.3 is 9.67 Å². The fourth-order valence-electron chi connectivity index (χ4n) is 2.50. The third-order valence-electron chi connectivity index (χ3n) is 3.80. The Morgan fingerprint density at radius 1 is 1.14 bits per heavy atom. The summed E-state index contributed by atoms with van der Waals surface area (Å²) in [6.45, 7) is 5.42. The Morgan fingerprint density at radius 2 is 1.71 bits per heavy atom. The topological polar surface area (TPSA) is 59.3 Å². The number of carbonyl (C=O) groups excluding carboxylic acids is 1. The molecule has 21 heavy (non-hydrogen) atoms. The Hall–Kier alpha value is -2.36. The van der Waals surface area contributed by atoms with Gasteiger partial charge in [-0.15, -0.1) is 0 Å². The van der Waals surface area contributed by atoms with Crippen molar-refractivity contribution >= 4 is 11.8 Å². The van der Waals surface area contributed by atoms with Gasteiger partial charge in [0.2, 0.25) is 5.78 Å². The molecule has 1 heterocycles. The summed E-state index contributed by atoms with van der Waals surface area (Å²) >= 11 is 0. The smallest absolute Gasteiger partial charge is 0.312 e. The number of aryl methyl sites for hydroxylation is 2. The summed E-state index contributed by atoms with van der Waals surface area (Å²) in [6.07, 6.45) is 0. The standard InChI is InChI=1S/C17H19NO3/c1-10-5-7-13(8-6-10)16(19)15-11(2)9-14(18(15)4)12(3)17(20)21/h5-9,12H,1-4H3,(H,20,21). The maximum Gasteiger partial charge on any atom is 0.312 e. The molecule has 0 aliphatic heterocycles. The number of nitrogens with zero attached hydrogens (tertiary/aromatic N) is 1. The zero-order valence-corrected chi connectivity index (χ0v) is 12.7. The molecule has 1 aromatic heterocycles. The molecule has 4 nitrogen and oxygen atoms in total. The van der Waals surface area contributed by atoms with Crippen molar-refractivity contribution in [1.29, 1.82) is 0 Å². The monoisotopic (exact) mass is 285 g/mol. The molecule has 0 radical (unpaired) electrons. The van der Waals surface area contributed by atoms with Gasteiger partial charge in [-0.3, -0.25) is 9.59 Å². The number of rotatable bonds is 4. The van der Waals surface area contributed by atoms with Gasteiger partial charge in [0.1, 0.15) is 0 Å². The molecule has 0 aliphatic rings. The molecule has 0 saturated carbocycles. The first-order valence-corrected chi connectivity index (χ1v) is 6.83. The van der Waals surface area contributed by atoms with E-state index < -0.39 is 11.9 Å². The van der Waals surface area contributed by atoms with Gasteiger partial charge in [-0.2, -0.15) is 0 Å². The third-order valence-corrected chi connectivity index (χ3v) is 3.80. The first kappa shape index (κ1) is 15.0. The fourth-order valence-corrected chi connectivity index (χ4v) is 2.50. The molecule has 0 saturated heterocycles. The summed E-state index contributed by atoms with van der Waals surface area (Å²) < 4.78 is 1.69. The second kappa shape index (κ2) is 5.56. The van der Waals surface area contributed by atoms with Crippen LogP contribution in [0.25, 0.3) is 0 Å². The third kappa shape index (κ3) is 2.75. The molecule has 0 aliphatic carbocycles.